The van der Waals surface area contributed by atoms with Gasteiger partial charge in [-0.25, -0.2) is 0 Å². The highest BCUT2D eigenvalue weighted by molar-refractivity contribution is 14.0. The average molecular weight is 531 g/mol. The van der Waals surface area contributed by atoms with Crippen molar-refractivity contribution in [3.05, 3.63) is 29.8 Å². The highest BCUT2D eigenvalue weighted by Gasteiger charge is 2.14. The van der Waals surface area contributed by atoms with Crippen molar-refractivity contribution in [2.45, 2.75) is 33.6 Å². The van der Waals surface area contributed by atoms with E-state index in [0.717, 1.165) is 32.1 Å². The fourth-order valence-corrected chi connectivity index (χ4v) is 3.82. The highest BCUT2D eigenvalue weighted by atomic mass is 127. The molecule has 0 radical (unpaired) electrons. The molecule has 172 valence electrons. The van der Waals surface area contributed by atoms with E-state index in [1.54, 1.807) is 0 Å². The highest BCUT2D eigenvalue weighted by Crippen LogP contribution is 2.14. The molecule has 1 aliphatic rings. The van der Waals surface area contributed by atoms with Crippen LogP contribution in [0.15, 0.2) is 29.3 Å². The zero-order valence-corrected chi connectivity index (χ0v) is 21.8. The van der Waals surface area contributed by atoms with Crippen LogP contribution in [-0.4, -0.2) is 88.3 Å². The van der Waals surface area contributed by atoms with Gasteiger partial charge in [0.25, 0.3) is 0 Å². The van der Waals surface area contributed by atoms with E-state index in [0.29, 0.717) is 0 Å². The van der Waals surface area contributed by atoms with Crippen molar-refractivity contribution in [1.82, 2.24) is 20.4 Å². The summed E-state index contributed by atoms with van der Waals surface area (Å²) >= 11 is 0. The molecule has 7 heteroatoms. The lowest BCUT2D eigenvalue weighted by Crippen LogP contribution is -2.46. The molecular weight excluding hydrogens is 487 g/mol. The Hall–Kier alpha value is -1.06. The largest absolute Gasteiger partial charge is 0.370 e. The first kappa shape index (κ1) is 27.0. The Kier molecular flexibility index (Phi) is 14.1. The van der Waals surface area contributed by atoms with Crippen LogP contribution in [0.5, 0.6) is 0 Å². The molecule has 0 spiro atoms. The van der Waals surface area contributed by atoms with Crippen molar-refractivity contribution >= 4 is 35.6 Å². The van der Waals surface area contributed by atoms with Gasteiger partial charge < -0.3 is 25.3 Å². The van der Waals surface area contributed by atoms with Gasteiger partial charge in [-0.05, 0) is 57.5 Å². The predicted molar refractivity (Wildman–Crippen MR) is 142 cm³/mol. The van der Waals surface area contributed by atoms with E-state index in [1.165, 1.54) is 63.4 Å². The zero-order valence-electron chi connectivity index (χ0n) is 19.5. The summed E-state index contributed by atoms with van der Waals surface area (Å²) in [5, 5.41) is 6.91. The van der Waals surface area contributed by atoms with Gasteiger partial charge in [0.05, 0.1) is 0 Å². The lowest BCUT2D eigenvalue weighted by molar-refractivity contribution is 0.136. The van der Waals surface area contributed by atoms with Gasteiger partial charge in [-0.1, -0.05) is 19.1 Å². The van der Waals surface area contributed by atoms with Crippen molar-refractivity contribution in [2.75, 3.05) is 77.4 Å². The number of benzene rings is 1. The third-order valence-corrected chi connectivity index (χ3v) is 5.75. The maximum absolute atomic E-state index is 4.36. The number of guanidine groups is 1. The molecule has 1 aromatic rings. The van der Waals surface area contributed by atoms with Crippen LogP contribution in [0.3, 0.4) is 0 Å². The molecule has 30 heavy (non-hydrogen) atoms. The number of nitrogens with zero attached hydrogens (tertiary/aromatic N) is 4. The van der Waals surface area contributed by atoms with E-state index in [4.69, 9.17) is 0 Å². The van der Waals surface area contributed by atoms with E-state index in [9.17, 15) is 0 Å². The number of hydrogen-bond acceptors (Lipinski definition) is 4. The van der Waals surface area contributed by atoms with Crippen LogP contribution in [0.2, 0.25) is 0 Å². The Morgan fingerprint density at radius 2 is 1.73 bits per heavy atom. The van der Waals surface area contributed by atoms with Crippen LogP contribution >= 0.6 is 24.0 Å². The van der Waals surface area contributed by atoms with Crippen molar-refractivity contribution in [2.24, 2.45) is 4.99 Å². The summed E-state index contributed by atoms with van der Waals surface area (Å²) in [7, 11) is 1.85. The topological polar surface area (TPSA) is 46.1 Å². The van der Waals surface area contributed by atoms with Crippen LogP contribution in [0, 0.1) is 6.92 Å². The Morgan fingerprint density at radius 1 is 1.03 bits per heavy atom. The maximum Gasteiger partial charge on any atom is 0.191 e. The Labute approximate surface area is 201 Å². The van der Waals surface area contributed by atoms with Crippen molar-refractivity contribution in [3.63, 3.8) is 0 Å². The number of aliphatic imine (C=N–C) groups is 1. The van der Waals surface area contributed by atoms with E-state index in [-0.39, 0.29) is 24.0 Å². The van der Waals surface area contributed by atoms with Gasteiger partial charge in [0.2, 0.25) is 0 Å². The van der Waals surface area contributed by atoms with Gasteiger partial charge >= 0.3 is 0 Å². The lowest BCUT2D eigenvalue weighted by atomic mass is 10.2. The number of anilines is 1. The molecule has 0 bridgehead atoms. The van der Waals surface area contributed by atoms with E-state index in [2.05, 4.69) is 75.4 Å². The Bertz CT molecular complexity index is 601. The fraction of sp³-hybridized carbons (Fsp3) is 0.696. The normalized spacial score (nSPS) is 15.5. The second-order valence-corrected chi connectivity index (χ2v) is 7.83. The summed E-state index contributed by atoms with van der Waals surface area (Å²) in [4.78, 5) is 11.9. The van der Waals surface area contributed by atoms with Crippen LogP contribution in [-0.2, 0) is 0 Å². The number of hydrogen-bond donors (Lipinski definition) is 2. The number of piperazine rings is 1. The Balaban J connectivity index is 0.00000450. The van der Waals surface area contributed by atoms with Gasteiger partial charge in [-0.3, -0.25) is 4.99 Å². The van der Waals surface area contributed by atoms with Crippen LogP contribution in [0.1, 0.15) is 32.3 Å². The summed E-state index contributed by atoms with van der Waals surface area (Å²) < 4.78 is 0. The number of unbranched alkanes of at least 4 members (excludes halogenated alkanes) is 1. The number of halogens is 1. The molecule has 1 heterocycles. The minimum absolute atomic E-state index is 0. The minimum Gasteiger partial charge on any atom is -0.370 e. The van der Waals surface area contributed by atoms with Gasteiger partial charge in [0.1, 0.15) is 0 Å². The fourth-order valence-electron chi connectivity index (χ4n) is 3.82. The van der Waals surface area contributed by atoms with Gasteiger partial charge in [0.15, 0.2) is 5.96 Å². The summed E-state index contributed by atoms with van der Waals surface area (Å²) in [5.74, 6) is 0.904. The third kappa shape index (κ3) is 9.83. The van der Waals surface area contributed by atoms with E-state index < -0.39 is 0 Å². The minimum atomic E-state index is 0. The standard InChI is InChI=1S/C23H42N6.HI/c1-5-27-16-18-28(19-17-27)14-8-7-12-25-23(24-4)26-13-15-29(6-2)22-11-9-10-21(3)20-22;/h9-11,20H,5-8,12-19H2,1-4H3,(H2,24,25,26);1H. The first-order valence-corrected chi connectivity index (χ1v) is 11.4. The summed E-state index contributed by atoms with van der Waals surface area (Å²) in [6.07, 6.45) is 2.42. The summed E-state index contributed by atoms with van der Waals surface area (Å²) in [5.41, 5.74) is 2.59. The van der Waals surface area contributed by atoms with E-state index in [1.807, 2.05) is 7.05 Å². The number of aryl methyl sites for hydroxylation is 1. The molecule has 1 aliphatic heterocycles. The summed E-state index contributed by atoms with van der Waals surface area (Å²) in [6, 6.07) is 8.71. The molecule has 0 atom stereocenters. The zero-order chi connectivity index (χ0) is 20.9. The molecule has 0 saturated carbocycles. The van der Waals surface area contributed by atoms with Crippen molar-refractivity contribution in [1.29, 1.82) is 0 Å². The quantitative estimate of drug-likeness (QED) is 0.199. The monoisotopic (exact) mass is 530 g/mol. The number of rotatable bonds is 11. The van der Waals surface area contributed by atoms with Crippen molar-refractivity contribution < 1.29 is 0 Å². The molecule has 6 nitrogen and oxygen atoms in total. The predicted octanol–water partition coefficient (Wildman–Crippen LogP) is 3.02. The molecule has 0 unspecified atom stereocenters. The van der Waals surface area contributed by atoms with Crippen LogP contribution in [0.25, 0.3) is 0 Å². The second-order valence-electron chi connectivity index (χ2n) is 7.83. The molecule has 2 N–H and O–H groups in total. The van der Waals surface area contributed by atoms with Crippen LogP contribution in [0.4, 0.5) is 5.69 Å². The van der Waals surface area contributed by atoms with Gasteiger partial charge in [-0.15, -0.1) is 24.0 Å². The lowest BCUT2D eigenvalue weighted by Gasteiger charge is -2.34. The summed E-state index contributed by atoms with van der Waals surface area (Å²) in [6.45, 7) is 17.7. The average Bonchev–Trinajstić information content (AvgIpc) is 2.75. The molecule has 0 aromatic heterocycles. The molecule has 0 aliphatic carbocycles. The maximum atomic E-state index is 4.36. The van der Waals surface area contributed by atoms with Gasteiger partial charge in [-0.2, -0.15) is 0 Å². The number of nitrogens with one attached hydrogen (secondary N) is 2. The molecule has 1 fully saturated rings. The van der Waals surface area contributed by atoms with Crippen molar-refractivity contribution in [3.8, 4) is 0 Å². The third-order valence-electron chi connectivity index (χ3n) is 5.75. The molecule has 0 amide bonds. The van der Waals surface area contributed by atoms with Crippen LogP contribution < -0.4 is 15.5 Å². The smallest absolute Gasteiger partial charge is 0.191 e. The molecular formula is C23H43IN6. The second kappa shape index (κ2) is 15.7. The first-order valence-electron chi connectivity index (χ1n) is 11.4. The Morgan fingerprint density at radius 3 is 2.37 bits per heavy atom. The SMILES string of the molecule is CCN1CCN(CCCCNC(=NC)NCCN(CC)c2cccc(C)c2)CC1.I. The molecule has 1 aromatic carbocycles. The number of likely N-dealkylation sites (N-methyl/N-ethyl adjacent to an activating group) is 2. The first-order chi connectivity index (χ1) is 14.2. The molecule has 2 rings (SSSR count). The van der Waals surface area contributed by atoms with E-state index >= 15 is 0 Å². The molecule has 1 saturated heterocycles. The van der Waals surface area contributed by atoms with Gasteiger partial charge in [0, 0.05) is 65.1 Å².